The Morgan fingerprint density at radius 2 is 1.55 bits per heavy atom. The summed E-state index contributed by atoms with van der Waals surface area (Å²) in [6.07, 6.45) is 6.33. The number of carbonyl (C=O) groups is 1. The molecule has 0 aromatic carbocycles. The minimum atomic E-state index is 0.285. The molecule has 0 radical (unpaired) electrons. The lowest BCUT2D eigenvalue weighted by Crippen LogP contribution is -2.47. The SMILES string of the molecule is Cc1cccnc1CN(Cc1ncccc1C)C1CCN(C(=O)CCN2CCOCC2)CC1. The van der Waals surface area contributed by atoms with E-state index in [1.54, 1.807) is 0 Å². The Labute approximate surface area is 197 Å². The van der Waals surface area contributed by atoms with Gasteiger partial charge in [-0.15, -0.1) is 0 Å². The van der Waals surface area contributed by atoms with Crippen molar-refractivity contribution in [2.24, 2.45) is 0 Å². The normalized spacial score (nSPS) is 18.1. The summed E-state index contributed by atoms with van der Waals surface area (Å²) in [5.41, 5.74) is 4.68. The second-order valence-corrected chi connectivity index (χ2v) is 9.25. The van der Waals surface area contributed by atoms with E-state index in [1.165, 1.54) is 11.1 Å². The van der Waals surface area contributed by atoms with Crippen LogP contribution in [0.1, 0.15) is 41.8 Å². The Morgan fingerprint density at radius 3 is 2.09 bits per heavy atom. The van der Waals surface area contributed by atoms with Crippen molar-refractivity contribution in [1.82, 2.24) is 24.7 Å². The van der Waals surface area contributed by atoms with Gasteiger partial charge in [0.1, 0.15) is 0 Å². The van der Waals surface area contributed by atoms with Crippen LogP contribution in [0, 0.1) is 13.8 Å². The smallest absolute Gasteiger partial charge is 0.223 e. The van der Waals surface area contributed by atoms with Gasteiger partial charge in [-0.2, -0.15) is 0 Å². The Bertz CT molecular complexity index is 860. The van der Waals surface area contributed by atoms with Crippen molar-refractivity contribution < 1.29 is 9.53 Å². The molecule has 0 unspecified atom stereocenters. The zero-order valence-corrected chi connectivity index (χ0v) is 20.1. The van der Waals surface area contributed by atoms with E-state index in [0.717, 1.165) is 83.3 Å². The molecule has 2 aromatic heterocycles. The topological polar surface area (TPSA) is 61.8 Å². The van der Waals surface area contributed by atoms with Crippen LogP contribution in [0.5, 0.6) is 0 Å². The van der Waals surface area contributed by atoms with Gasteiger partial charge < -0.3 is 9.64 Å². The van der Waals surface area contributed by atoms with Crippen LogP contribution in [0.2, 0.25) is 0 Å². The highest BCUT2D eigenvalue weighted by atomic mass is 16.5. The molecule has 33 heavy (non-hydrogen) atoms. The summed E-state index contributed by atoms with van der Waals surface area (Å²) in [5.74, 6) is 0.285. The number of morpholine rings is 1. The molecule has 4 heterocycles. The van der Waals surface area contributed by atoms with Gasteiger partial charge in [-0.3, -0.25) is 24.6 Å². The maximum atomic E-state index is 12.8. The zero-order valence-electron chi connectivity index (χ0n) is 20.1. The molecule has 0 saturated carbocycles. The lowest BCUT2D eigenvalue weighted by atomic mass is 10.0. The number of piperidine rings is 1. The van der Waals surface area contributed by atoms with E-state index in [0.29, 0.717) is 12.5 Å². The second-order valence-electron chi connectivity index (χ2n) is 9.25. The molecule has 0 aliphatic carbocycles. The first kappa shape index (κ1) is 23.8. The van der Waals surface area contributed by atoms with Gasteiger partial charge in [-0.05, 0) is 49.9 Å². The molecule has 7 nitrogen and oxygen atoms in total. The van der Waals surface area contributed by atoms with Crippen molar-refractivity contribution in [2.45, 2.75) is 52.2 Å². The third-order valence-electron chi connectivity index (χ3n) is 7.02. The fourth-order valence-corrected chi connectivity index (χ4v) is 4.78. The number of hydrogen-bond donors (Lipinski definition) is 0. The van der Waals surface area contributed by atoms with Crippen molar-refractivity contribution in [3.05, 3.63) is 59.2 Å². The van der Waals surface area contributed by atoms with Gasteiger partial charge >= 0.3 is 0 Å². The van der Waals surface area contributed by atoms with Crippen LogP contribution in [0.3, 0.4) is 0 Å². The van der Waals surface area contributed by atoms with E-state index in [9.17, 15) is 4.79 Å². The molecule has 178 valence electrons. The average molecular weight is 452 g/mol. The number of ether oxygens (including phenoxy) is 1. The first-order chi connectivity index (χ1) is 16.1. The van der Waals surface area contributed by atoms with Crippen molar-refractivity contribution in [3.63, 3.8) is 0 Å². The first-order valence-electron chi connectivity index (χ1n) is 12.2. The first-order valence-corrected chi connectivity index (χ1v) is 12.2. The highest BCUT2D eigenvalue weighted by Crippen LogP contribution is 2.23. The van der Waals surface area contributed by atoms with E-state index in [2.05, 4.69) is 50.6 Å². The van der Waals surface area contributed by atoms with Gasteiger partial charge in [0.25, 0.3) is 0 Å². The summed E-state index contributed by atoms with van der Waals surface area (Å²) < 4.78 is 5.41. The fourth-order valence-electron chi connectivity index (χ4n) is 4.78. The lowest BCUT2D eigenvalue weighted by molar-refractivity contribution is -0.133. The molecule has 0 spiro atoms. The molecule has 7 heteroatoms. The molecular formula is C26H37N5O2. The number of aryl methyl sites for hydroxylation is 2. The predicted molar refractivity (Wildman–Crippen MR) is 129 cm³/mol. The largest absolute Gasteiger partial charge is 0.379 e. The molecule has 2 saturated heterocycles. The van der Waals surface area contributed by atoms with Crippen LogP contribution in [-0.2, 0) is 22.6 Å². The summed E-state index contributed by atoms with van der Waals surface area (Å²) in [6.45, 7) is 11.8. The van der Waals surface area contributed by atoms with Crippen molar-refractivity contribution in [3.8, 4) is 0 Å². The Balaban J connectivity index is 1.36. The summed E-state index contributed by atoms with van der Waals surface area (Å²) in [5, 5.41) is 0. The molecule has 4 rings (SSSR count). The molecule has 2 aliphatic rings. The molecule has 0 atom stereocenters. The molecule has 2 aromatic rings. The van der Waals surface area contributed by atoms with Crippen LogP contribution in [-0.4, -0.2) is 82.6 Å². The van der Waals surface area contributed by atoms with Gasteiger partial charge in [-0.1, -0.05) is 12.1 Å². The van der Waals surface area contributed by atoms with Gasteiger partial charge in [0.05, 0.1) is 24.6 Å². The number of amides is 1. The second kappa shape index (κ2) is 11.7. The third kappa shape index (κ3) is 6.59. The van der Waals surface area contributed by atoms with Gasteiger partial charge in [-0.25, -0.2) is 0 Å². The summed E-state index contributed by atoms with van der Waals surface area (Å²) in [7, 11) is 0. The van der Waals surface area contributed by atoms with Crippen LogP contribution >= 0.6 is 0 Å². The van der Waals surface area contributed by atoms with Crippen molar-refractivity contribution in [2.75, 3.05) is 45.9 Å². The van der Waals surface area contributed by atoms with E-state index in [4.69, 9.17) is 4.74 Å². The Morgan fingerprint density at radius 1 is 0.970 bits per heavy atom. The summed E-state index contributed by atoms with van der Waals surface area (Å²) in [6, 6.07) is 8.65. The quantitative estimate of drug-likeness (QED) is 0.615. The van der Waals surface area contributed by atoms with E-state index >= 15 is 0 Å². The zero-order chi connectivity index (χ0) is 23.0. The number of likely N-dealkylation sites (tertiary alicyclic amines) is 1. The van der Waals surface area contributed by atoms with Crippen LogP contribution in [0.15, 0.2) is 36.7 Å². The highest BCUT2D eigenvalue weighted by molar-refractivity contribution is 5.76. The maximum Gasteiger partial charge on any atom is 0.223 e. The molecule has 0 N–H and O–H groups in total. The molecule has 1 amide bonds. The molecule has 2 aliphatic heterocycles. The minimum absolute atomic E-state index is 0.285. The van der Waals surface area contributed by atoms with Crippen molar-refractivity contribution >= 4 is 5.91 Å². The highest BCUT2D eigenvalue weighted by Gasteiger charge is 2.28. The van der Waals surface area contributed by atoms with Crippen LogP contribution in [0.25, 0.3) is 0 Å². The third-order valence-corrected chi connectivity index (χ3v) is 7.02. The van der Waals surface area contributed by atoms with E-state index < -0.39 is 0 Å². The monoisotopic (exact) mass is 451 g/mol. The van der Waals surface area contributed by atoms with Crippen LogP contribution < -0.4 is 0 Å². The Kier molecular flexibility index (Phi) is 8.42. The standard InChI is InChI=1S/C26H37N5O2/c1-21-5-3-10-27-24(21)19-31(20-25-22(2)6-4-11-28-25)23-7-13-30(14-8-23)26(32)9-12-29-15-17-33-18-16-29/h3-6,10-11,23H,7-9,12-20H2,1-2H3. The molecular weight excluding hydrogens is 414 g/mol. The number of rotatable bonds is 8. The number of hydrogen-bond acceptors (Lipinski definition) is 6. The van der Waals surface area contributed by atoms with Gasteiger partial charge in [0.2, 0.25) is 5.91 Å². The fraction of sp³-hybridized carbons (Fsp3) is 0.577. The summed E-state index contributed by atoms with van der Waals surface area (Å²) in [4.78, 5) is 29.0. The van der Waals surface area contributed by atoms with Gasteiger partial charge in [0.15, 0.2) is 0 Å². The summed E-state index contributed by atoms with van der Waals surface area (Å²) >= 11 is 0. The number of pyridine rings is 2. The number of carbonyl (C=O) groups excluding carboxylic acids is 1. The maximum absolute atomic E-state index is 12.8. The minimum Gasteiger partial charge on any atom is -0.379 e. The van der Waals surface area contributed by atoms with Crippen LogP contribution in [0.4, 0.5) is 0 Å². The number of nitrogens with zero attached hydrogens (tertiary/aromatic N) is 5. The lowest BCUT2D eigenvalue weighted by Gasteiger charge is -2.39. The molecule has 0 bridgehead atoms. The van der Waals surface area contributed by atoms with E-state index in [-0.39, 0.29) is 5.91 Å². The van der Waals surface area contributed by atoms with E-state index in [1.807, 2.05) is 24.5 Å². The van der Waals surface area contributed by atoms with Crippen molar-refractivity contribution in [1.29, 1.82) is 0 Å². The molecule has 2 fully saturated rings. The van der Waals surface area contributed by atoms with Gasteiger partial charge in [0, 0.05) is 70.7 Å². The number of aromatic nitrogens is 2. The average Bonchev–Trinajstić information content (AvgIpc) is 2.85. The predicted octanol–water partition coefficient (Wildman–Crippen LogP) is 2.81. The Hall–Kier alpha value is -2.35.